The number of methoxy groups -OCH3 is 1. The molecule has 1 aromatic carbocycles. The molecule has 3 N–H and O–H groups in total. The molecule has 0 bridgehead atoms. The SMILES string of the molecule is CNCC(O)c1c(C)[nH]c2ccc(OC)cc12. The Labute approximate surface area is 101 Å². The lowest BCUT2D eigenvalue weighted by Gasteiger charge is -2.10. The van der Waals surface area contributed by atoms with Crippen LogP contribution in [0.5, 0.6) is 5.75 Å². The highest BCUT2D eigenvalue weighted by molar-refractivity contribution is 5.86. The number of benzene rings is 1. The van der Waals surface area contributed by atoms with Crippen molar-refractivity contribution in [1.82, 2.24) is 10.3 Å². The topological polar surface area (TPSA) is 57.3 Å². The molecule has 0 radical (unpaired) electrons. The molecule has 1 unspecified atom stereocenters. The molecule has 17 heavy (non-hydrogen) atoms. The standard InChI is InChI=1S/C13H18N2O2/c1-8-13(12(16)7-14-2)10-6-9(17-3)4-5-11(10)15-8/h4-6,12,14-16H,7H2,1-3H3. The zero-order valence-corrected chi connectivity index (χ0v) is 10.4. The van der Waals surface area contributed by atoms with Gasteiger partial charge < -0.3 is 20.1 Å². The number of rotatable bonds is 4. The van der Waals surface area contributed by atoms with Crippen molar-refractivity contribution >= 4 is 10.9 Å². The first-order valence-corrected chi connectivity index (χ1v) is 5.66. The van der Waals surface area contributed by atoms with Gasteiger partial charge in [-0.15, -0.1) is 0 Å². The van der Waals surface area contributed by atoms with Crippen molar-refractivity contribution in [3.05, 3.63) is 29.5 Å². The molecule has 0 aliphatic carbocycles. The summed E-state index contributed by atoms with van der Waals surface area (Å²) in [4.78, 5) is 3.27. The third kappa shape index (κ3) is 2.14. The van der Waals surface area contributed by atoms with Crippen molar-refractivity contribution in [3.63, 3.8) is 0 Å². The van der Waals surface area contributed by atoms with Crippen LogP contribution < -0.4 is 10.1 Å². The van der Waals surface area contributed by atoms with Crippen LogP contribution in [0.25, 0.3) is 10.9 Å². The van der Waals surface area contributed by atoms with Gasteiger partial charge >= 0.3 is 0 Å². The molecule has 0 aliphatic heterocycles. The second-order valence-electron chi connectivity index (χ2n) is 4.15. The summed E-state index contributed by atoms with van der Waals surface area (Å²) in [5.41, 5.74) is 2.96. The number of likely N-dealkylation sites (N-methyl/N-ethyl adjacent to an activating group) is 1. The number of aromatic nitrogens is 1. The van der Waals surface area contributed by atoms with Crippen LogP contribution in [0.2, 0.25) is 0 Å². The summed E-state index contributed by atoms with van der Waals surface area (Å²) in [6.07, 6.45) is -0.513. The first-order valence-electron chi connectivity index (χ1n) is 5.66. The predicted molar refractivity (Wildman–Crippen MR) is 68.5 cm³/mol. The van der Waals surface area contributed by atoms with E-state index < -0.39 is 6.10 Å². The third-order valence-corrected chi connectivity index (χ3v) is 2.97. The minimum atomic E-state index is -0.513. The molecule has 1 atom stereocenters. The molecule has 2 aromatic rings. The molecule has 92 valence electrons. The van der Waals surface area contributed by atoms with E-state index in [9.17, 15) is 5.11 Å². The van der Waals surface area contributed by atoms with Crippen molar-refractivity contribution in [3.8, 4) is 5.75 Å². The number of fused-ring (bicyclic) bond motifs is 1. The van der Waals surface area contributed by atoms with E-state index in [0.29, 0.717) is 6.54 Å². The van der Waals surface area contributed by atoms with E-state index in [2.05, 4.69) is 10.3 Å². The third-order valence-electron chi connectivity index (χ3n) is 2.97. The highest BCUT2D eigenvalue weighted by Crippen LogP contribution is 2.30. The van der Waals surface area contributed by atoms with Gasteiger partial charge in [0.25, 0.3) is 0 Å². The predicted octanol–water partition coefficient (Wildman–Crippen LogP) is 1.74. The molecule has 4 heteroatoms. The van der Waals surface area contributed by atoms with Gasteiger partial charge in [-0.1, -0.05) is 0 Å². The first kappa shape index (κ1) is 12.0. The number of aromatic amines is 1. The molecule has 0 spiro atoms. The summed E-state index contributed by atoms with van der Waals surface area (Å²) < 4.78 is 5.22. The van der Waals surface area contributed by atoms with Gasteiger partial charge in [0, 0.05) is 28.7 Å². The molecule has 4 nitrogen and oxygen atoms in total. The second-order valence-corrected chi connectivity index (χ2v) is 4.15. The fraction of sp³-hybridized carbons (Fsp3) is 0.385. The minimum Gasteiger partial charge on any atom is -0.497 e. The molecule has 1 heterocycles. The van der Waals surface area contributed by atoms with Crippen LogP contribution in [-0.4, -0.2) is 30.8 Å². The highest BCUT2D eigenvalue weighted by atomic mass is 16.5. The molecule has 2 rings (SSSR count). The monoisotopic (exact) mass is 234 g/mol. The van der Waals surface area contributed by atoms with Crippen LogP contribution in [0.4, 0.5) is 0 Å². The van der Waals surface area contributed by atoms with Gasteiger partial charge in [-0.3, -0.25) is 0 Å². The molecule has 0 amide bonds. The number of H-pyrrole nitrogens is 1. The van der Waals surface area contributed by atoms with Crippen LogP contribution in [-0.2, 0) is 0 Å². The smallest absolute Gasteiger partial charge is 0.119 e. The summed E-state index contributed by atoms with van der Waals surface area (Å²) in [6.45, 7) is 2.51. The maximum absolute atomic E-state index is 10.1. The van der Waals surface area contributed by atoms with E-state index in [1.54, 1.807) is 7.11 Å². The summed E-state index contributed by atoms with van der Waals surface area (Å²) in [7, 11) is 3.47. The second kappa shape index (κ2) is 4.77. The quantitative estimate of drug-likeness (QED) is 0.755. The van der Waals surface area contributed by atoms with Crippen molar-refractivity contribution < 1.29 is 9.84 Å². The average molecular weight is 234 g/mol. The number of aliphatic hydroxyl groups is 1. The maximum Gasteiger partial charge on any atom is 0.119 e. The van der Waals surface area contributed by atoms with Crippen LogP contribution in [0.15, 0.2) is 18.2 Å². The van der Waals surface area contributed by atoms with E-state index in [1.165, 1.54) is 0 Å². The van der Waals surface area contributed by atoms with Crippen LogP contribution >= 0.6 is 0 Å². The lowest BCUT2D eigenvalue weighted by molar-refractivity contribution is 0.178. The van der Waals surface area contributed by atoms with Gasteiger partial charge in [0.2, 0.25) is 0 Å². The Hall–Kier alpha value is -1.52. The highest BCUT2D eigenvalue weighted by Gasteiger charge is 2.16. The van der Waals surface area contributed by atoms with Gasteiger partial charge in [0.15, 0.2) is 0 Å². The Morgan fingerprint density at radius 2 is 2.24 bits per heavy atom. The maximum atomic E-state index is 10.1. The Morgan fingerprint density at radius 3 is 2.88 bits per heavy atom. The summed E-state index contributed by atoms with van der Waals surface area (Å²) in [6, 6.07) is 5.83. The van der Waals surface area contributed by atoms with E-state index in [-0.39, 0.29) is 0 Å². The Bertz CT molecular complexity index is 519. The number of aryl methyl sites for hydroxylation is 1. The van der Waals surface area contributed by atoms with Crippen LogP contribution in [0.3, 0.4) is 0 Å². The molecule has 0 fully saturated rings. The van der Waals surface area contributed by atoms with Gasteiger partial charge in [0.05, 0.1) is 13.2 Å². The molecule has 0 saturated heterocycles. The van der Waals surface area contributed by atoms with E-state index >= 15 is 0 Å². The van der Waals surface area contributed by atoms with E-state index in [4.69, 9.17) is 4.74 Å². The van der Waals surface area contributed by atoms with E-state index in [0.717, 1.165) is 27.9 Å². The Kier molecular flexibility index (Phi) is 3.36. The van der Waals surface area contributed by atoms with Crippen molar-refractivity contribution in [2.45, 2.75) is 13.0 Å². The molecular formula is C13H18N2O2. The minimum absolute atomic E-state index is 0.513. The van der Waals surface area contributed by atoms with Gasteiger partial charge in [-0.2, -0.15) is 0 Å². The fourth-order valence-corrected chi connectivity index (χ4v) is 2.18. The number of hydrogen-bond acceptors (Lipinski definition) is 3. The zero-order valence-electron chi connectivity index (χ0n) is 10.4. The largest absolute Gasteiger partial charge is 0.497 e. The lowest BCUT2D eigenvalue weighted by Crippen LogP contribution is -2.17. The van der Waals surface area contributed by atoms with Crippen molar-refractivity contribution in [1.29, 1.82) is 0 Å². The molecule has 0 saturated carbocycles. The number of nitrogens with one attached hydrogen (secondary N) is 2. The normalized spacial score (nSPS) is 12.9. The molecule has 0 aliphatic rings. The van der Waals surface area contributed by atoms with E-state index in [1.807, 2.05) is 32.2 Å². The van der Waals surface area contributed by atoms with Crippen LogP contribution in [0.1, 0.15) is 17.4 Å². The zero-order chi connectivity index (χ0) is 12.4. The van der Waals surface area contributed by atoms with Gasteiger partial charge in [0.1, 0.15) is 5.75 Å². The summed E-state index contributed by atoms with van der Waals surface area (Å²) in [5, 5.41) is 14.1. The lowest BCUT2D eigenvalue weighted by atomic mass is 10.1. The molecular weight excluding hydrogens is 216 g/mol. The van der Waals surface area contributed by atoms with Crippen molar-refractivity contribution in [2.75, 3.05) is 20.7 Å². The summed E-state index contributed by atoms with van der Waals surface area (Å²) >= 11 is 0. The van der Waals surface area contributed by atoms with Crippen molar-refractivity contribution in [2.24, 2.45) is 0 Å². The van der Waals surface area contributed by atoms with Crippen LogP contribution in [0, 0.1) is 6.92 Å². The average Bonchev–Trinajstić information content (AvgIpc) is 2.64. The Morgan fingerprint density at radius 1 is 1.47 bits per heavy atom. The van der Waals surface area contributed by atoms with Gasteiger partial charge in [-0.25, -0.2) is 0 Å². The summed E-state index contributed by atoms with van der Waals surface area (Å²) in [5.74, 6) is 0.800. The molecule has 1 aromatic heterocycles. The van der Waals surface area contributed by atoms with Gasteiger partial charge in [-0.05, 0) is 32.2 Å². The number of aliphatic hydroxyl groups excluding tert-OH is 1. The number of ether oxygens (including phenoxy) is 1. The fourth-order valence-electron chi connectivity index (χ4n) is 2.18. The Balaban J connectivity index is 2.55. The number of hydrogen-bond donors (Lipinski definition) is 3. The first-order chi connectivity index (χ1) is 8.17.